The number of fused-ring (bicyclic) bond motifs is 6. The Hall–Kier alpha value is -7.79. The molecule has 0 radical (unpaired) electrons. The molecule has 0 saturated heterocycles. The van der Waals surface area contributed by atoms with Crippen LogP contribution >= 0.6 is 11.3 Å². The molecule has 0 bridgehead atoms. The van der Waals surface area contributed by atoms with Crippen molar-refractivity contribution in [2.75, 3.05) is 0 Å². The van der Waals surface area contributed by atoms with Gasteiger partial charge in [0.05, 0.1) is 5.41 Å². The zero-order valence-corrected chi connectivity index (χ0v) is 34.4. The van der Waals surface area contributed by atoms with Crippen LogP contribution in [0.5, 0.6) is 0 Å². The first-order valence-electron chi connectivity index (χ1n) is 21.0. The highest BCUT2D eigenvalue weighted by Gasteiger charge is 2.46. The van der Waals surface area contributed by atoms with Gasteiger partial charge in [0.15, 0.2) is 17.5 Å². The van der Waals surface area contributed by atoms with E-state index >= 15 is 0 Å². The number of rotatable bonds is 7. The lowest BCUT2D eigenvalue weighted by atomic mass is 9.67. The lowest BCUT2D eigenvalue weighted by Crippen LogP contribution is -2.28. The van der Waals surface area contributed by atoms with Gasteiger partial charge in [-0.05, 0) is 86.0 Å². The molecule has 12 rings (SSSR count). The van der Waals surface area contributed by atoms with Crippen molar-refractivity contribution < 1.29 is 0 Å². The van der Waals surface area contributed by atoms with Crippen molar-refractivity contribution in [2.45, 2.75) is 5.41 Å². The zero-order chi connectivity index (χ0) is 41.0. The summed E-state index contributed by atoms with van der Waals surface area (Å²) in [5.41, 5.74) is 14.6. The summed E-state index contributed by atoms with van der Waals surface area (Å²) >= 11 is 1.85. The van der Waals surface area contributed by atoms with Crippen LogP contribution in [0.3, 0.4) is 0 Å². The summed E-state index contributed by atoms with van der Waals surface area (Å²) in [7, 11) is 0. The molecule has 62 heavy (non-hydrogen) atoms. The number of thiophene rings is 1. The number of nitrogens with zero attached hydrogens (tertiary/aromatic N) is 3. The van der Waals surface area contributed by atoms with E-state index in [2.05, 4.69) is 164 Å². The quantitative estimate of drug-likeness (QED) is 0.161. The molecule has 9 aromatic carbocycles. The maximum Gasteiger partial charge on any atom is 0.164 e. The first-order valence-corrected chi connectivity index (χ1v) is 21.8. The van der Waals surface area contributed by atoms with Crippen LogP contribution in [0, 0.1) is 0 Å². The van der Waals surface area contributed by atoms with Crippen molar-refractivity contribution in [1.82, 2.24) is 15.0 Å². The summed E-state index contributed by atoms with van der Waals surface area (Å²) in [5.74, 6) is 1.93. The first-order chi connectivity index (χ1) is 30.7. The van der Waals surface area contributed by atoms with Gasteiger partial charge in [-0.3, -0.25) is 0 Å². The Bertz CT molecular complexity index is 3340. The molecule has 0 atom stereocenters. The van der Waals surface area contributed by atoms with Crippen LogP contribution in [0.1, 0.15) is 22.3 Å². The first kappa shape index (κ1) is 36.1. The van der Waals surface area contributed by atoms with Crippen molar-refractivity contribution in [3.63, 3.8) is 0 Å². The molecule has 3 nitrogen and oxygen atoms in total. The summed E-state index contributed by atoms with van der Waals surface area (Å²) in [5, 5.41) is 2.58. The van der Waals surface area contributed by atoms with Gasteiger partial charge in [-0.1, -0.05) is 194 Å². The van der Waals surface area contributed by atoms with Gasteiger partial charge in [0.25, 0.3) is 0 Å². The lowest BCUT2D eigenvalue weighted by molar-refractivity contribution is 0.769. The summed E-state index contributed by atoms with van der Waals surface area (Å²) in [6.45, 7) is 0. The van der Waals surface area contributed by atoms with Crippen LogP contribution in [-0.2, 0) is 5.41 Å². The van der Waals surface area contributed by atoms with Crippen molar-refractivity contribution in [1.29, 1.82) is 0 Å². The highest BCUT2D eigenvalue weighted by atomic mass is 32.1. The van der Waals surface area contributed by atoms with Gasteiger partial charge in [0.2, 0.25) is 0 Å². The van der Waals surface area contributed by atoms with Gasteiger partial charge in [-0.15, -0.1) is 11.3 Å². The fourth-order valence-corrected chi connectivity index (χ4v) is 10.7. The Labute approximate surface area is 364 Å². The van der Waals surface area contributed by atoms with Gasteiger partial charge in [-0.25, -0.2) is 15.0 Å². The van der Waals surface area contributed by atoms with E-state index in [0.29, 0.717) is 17.5 Å². The van der Waals surface area contributed by atoms with E-state index in [1.54, 1.807) is 0 Å². The maximum atomic E-state index is 5.05. The molecule has 11 aromatic rings. The molecule has 290 valence electrons. The van der Waals surface area contributed by atoms with Crippen LogP contribution in [0.25, 0.3) is 87.7 Å². The Morgan fingerprint density at radius 1 is 0.290 bits per heavy atom. The van der Waals surface area contributed by atoms with Gasteiger partial charge in [-0.2, -0.15) is 0 Å². The average Bonchev–Trinajstić information content (AvgIpc) is 3.87. The molecule has 0 saturated carbocycles. The standard InChI is InChI=1S/C58H37N3S/c1-5-17-39(18-6-1)55-59-56(40-19-7-2-8-20-40)61-57(60-55)41-31-29-38(30-32-41)48-37-52-49(36-47(48)42-33-34-54-50(35-42)46-26-14-16-28-53(46)62-54)45-25-13-15-27-51(45)58(52,43-21-9-3-10-22-43)44-23-11-4-12-24-44/h1-37H. The molecule has 0 fully saturated rings. The van der Waals surface area contributed by atoms with Crippen molar-refractivity contribution in [2.24, 2.45) is 0 Å². The van der Waals surface area contributed by atoms with Gasteiger partial charge in [0.1, 0.15) is 0 Å². The second-order valence-electron chi connectivity index (χ2n) is 15.9. The maximum absolute atomic E-state index is 5.05. The summed E-state index contributed by atoms with van der Waals surface area (Å²) in [6.07, 6.45) is 0. The van der Waals surface area contributed by atoms with Gasteiger partial charge >= 0.3 is 0 Å². The SMILES string of the molecule is c1ccc(-c2nc(-c3ccccc3)nc(-c3ccc(-c4cc5c(cc4-c4ccc6sc7ccccc7c6c4)-c4ccccc4C5(c4ccccc4)c4ccccc4)cc3)n2)cc1. The average molecular weight is 808 g/mol. The van der Waals surface area contributed by atoms with Crippen LogP contribution in [-0.4, -0.2) is 15.0 Å². The zero-order valence-electron chi connectivity index (χ0n) is 33.6. The lowest BCUT2D eigenvalue weighted by Gasteiger charge is -2.34. The summed E-state index contributed by atoms with van der Waals surface area (Å²) in [4.78, 5) is 15.0. The van der Waals surface area contributed by atoms with E-state index in [1.165, 1.54) is 70.2 Å². The minimum Gasteiger partial charge on any atom is -0.208 e. The van der Waals surface area contributed by atoms with E-state index in [1.807, 2.05) is 72.0 Å². The van der Waals surface area contributed by atoms with Crippen LogP contribution < -0.4 is 0 Å². The molecule has 1 aliphatic carbocycles. The molecule has 2 aromatic heterocycles. The van der Waals surface area contributed by atoms with Crippen molar-refractivity contribution in [3.8, 4) is 67.5 Å². The van der Waals surface area contributed by atoms with Crippen molar-refractivity contribution in [3.05, 3.63) is 247 Å². The molecule has 2 heterocycles. The predicted octanol–water partition coefficient (Wildman–Crippen LogP) is 14.9. The summed E-state index contributed by atoms with van der Waals surface area (Å²) < 4.78 is 2.60. The minimum absolute atomic E-state index is 0.526. The molecule has 0 unspecified atom stereocenters. The number of hydrogen-bond acceptors (Lipinski definition) is 4. The molecule has 1 aliphatic rings. The number of hydrogen-bond donors (Lipinski definition) is 0. The van der Waals surface area contributed by atoms with Crippen LogP contribution in [0.15, 0.2) is 224 Å². The molecule has 0 amide bonds. The number of aromatic nitrogens is 3. The Morgan fingerprint density at radius 2 is 0.758 bits per heavy atom. The molecule has 0 aliphatic heterocycles. The largest absolute Gasteiger partial charge is 0.208 e. The number of benzene rings is 9. The third kappa shape index (κ3) is 5.83. The highest BCUT2D eigenvalue weighted by molar-refractivity contribution is 7.25. The van der Waals surface area contributed by atoms with Crippen LogP contribution in [0.4, 0.5) is 0 Å². The normalized spacial score (nSPS) is 12.6. The monoisotopic (exact) mass is 807 g/mol. The van der Waals surface area contributed by atoms with E-state index in [9.17, 15) is 0 Å². The fraction of sp³-hybridized carbons (Fsp3) is 0.0172. The Balaban J connectivity index is 1.09. The topological polar surface area (TPSA) is 38.7 Å². The van der Waals surface area contributed by atoms with Gasteiger partial charge in [0, 0.05) is 36.9 Å². The predicted molar refractivity (Wildman–Crippen MR) is 257 cm³/mol. The van der Waals surface area contributed by atoms with E-state index in [4.69, 9.17) is 15.0 Å². The van der Waals surface area contributed by atoms with Gasteiger partial charge < -0.3 is 0 Å². The molecule has 0 N–H and O–H groups in total. The third-order valence-corrected chi connectivity index (χ3v) is 13.6. The molecular formula is C58H37N3S. The second kappa shape index (κ2) is 14.7. The molecular weight excluding hydrogens is 771 g/mol. The minimum atomic E-state index is -0.526. The van der Waals surface area contributed by atoms with Crippen LogP contribution in [0.2, 0.25) is 0 Å². The third-order valence-electron chi connectivity index (χ3n) is 12.4. The highest BCUT2D eigenvalue weighted by Crippen LogP contribution is 2.58. The Morgan fingerprint density at radius 3 is 1.39 bits per heavy atom. The smallest absolute Gasteiger partial charge is 0.164 e. The second-order valence-corrected chi connectivity index (χ2v) is 17.0. The Kier molecular flexibility index (Phi) is 8.58. The molecule has 4 heteroatoms. The summed E-state index contributed by atoms with van der Waals surface area (Å²) in [6, 6.07) is 80.9. The van der Waals surface area contributed by atoms with Crippen molar-refractivity contribution >= 4 is 31.5 Å². The molecule has 0 spiro atoms. The van der Waals surface area contributed by atoms with E-state index < -0.39 is 5.41 Å². The van der Waals surface area contributed by atoms with E-state index in [-0.39, 0.29) is 0 Å². The fourth-order valence-electron chi connectivity index (χ4n) is 9.60. The van der Waals surface area contributed by atoms with E-state index in [0.717, 1.165) is 22.3 Å².